The van der Waals surface area contributed by atoms with Crippen LogP contribution in [0.4, 0.5) is 5.00 Å². The molecule has 70 valence electrons. The van der Waals surface area contributed by atoms with E-state index in [1.807, 2.05) is 17.5 Å². The van der Waals surface area contributed by atoms with E-state index in [4.69, 9.17) is 0 Å². The zero-order valence-corrected chi connectivity index (χ0v) is 8.12. The second-order valence-electron chi connectivity index (χ2n) is 2.67. The first-order chi connectivity index (χ1) is 6.86. The minimum absolute atomic E-state index is 0.124. The Morgan fingerprint density at radius 3 is 2.93 bits per heavy atom. The van der Waals surface area contributed by atoms with Crippen molar-refractivity contribution >= 4 is 22.2 Å². The molecule has 0 radical (unpaired) electrons. The van der Waals surface area contributed by atoms with Gasteiger partial charge in [0, 0.05) is 12.4 Å². The molecule has 3 nitrogen and oxygen atoms in total. The molecule has 0 aliphatic heterocycles. The number of carbonyl (C=O) groups is 1. The van der Waals surface area contributed by atoms with E-state index in [0.717, 1.165) is 5.00 Å². The van der Waals surface area contributed by atoms with E-state index in [1.54, 1.807) is 24.5 Å². The fourth-order valence-corrected chi connectivity index (χ4v) is 1.64. The number of carbonyl (C=O) groups excluding carboxylic acids is 1. The Labute approximate surface area is 85.4 Å². The van der Waals surface area contributed by atoms with Crippen LogP contribution in [0.15, 0.2) is 42.0 Å². The second kappa shape index (κ2) is 4.02. The minimum atomic E-state index is -0.124. The Bertz CT molecular complexity index is 411. The summed E-state index contributed by atoms with van der Waals surface area (Å²) in [7, 11) is 0. The van der Waals surface area contributed by atoms with Crippen LogP contribution in [0.3, 0.4) is 0 Å². The van der Waals surface area contributed by atoms with E-state index in [2.05, 4.69) is 10.3 Å². The molecule has 0 spiro atoms. The maximum atomic E-state index is 11.6. The number of anilines is 1. The van der Waals surface area contributed by atoms with Crippen LogP contribution >= 0.6 is 11.3 Å². The normalized spacial score (nSPS) is 9.71. The lowest BCUT2D eigenvalue weighted by Crippen LogP contribution is -2.10. The van der Waals surface area contributed by atoms with Gasteiger partial charge in [-0.15, -0.1) is 11.3 Å². The summed E-state index contributed by atoms with van der Waals surface area (Å²) in [5, 5.41) is 5.54. The van der Waals surface area contributed by atoms with Gasteiger partial charge in [0.25, 0.3) is 5.91 Å². The summed E-state index contributed by atoms with van der Waals surface area (Å²) in [5.74, 6) is -0.124. The average Bonchev–Trinajstić information content (AvgIpc) is 2.72. The van der Waals surface area contributed by atoms with E-state index >= 15 is 0 Å². The molecule has 0 fully saturated rings. The van der Waals surface area contributed by atoms with Crippen LogP contribution in [0.1, 0.15) is 10.4 Å². The quantitative estimate of drug-likeness (QED) is 0.816. The van der Waals surface area contributed by atoms with Crippen LogP contribution in [0.5, 0.6) is 0 Å². The predicted molar refractivity (Wildman–Crippen MR) is 56.5 cm³/mol. The van der Waals surface area contributed by atoms with Crippen molar-refractivity contribution in [1.82, 2.24) is 4.98 Å². The maximum absolute atomic E-state index is 11.6. The van der Waals surface area contributed by atoms with Crippen LogP contribution in [0, 0.1) is 0 Å². The Morgan fingerprint density at radius 1 is 1.36 bits per heavy atom. The zero-order valence-electron chi connectivity index (χ0n) is 7.31. The van der Waals surface area contributed by atoms with Gasteiger partial charge in [0.1, 0.15) is 0 Å². The van der Waals surface area contributed by atoms with Crippen molar-refractivity contribution in [3.05, 3.63) is 47.6 Å². The van der Waals surface area contributed by atoms with Gasteiger partial charge >= 0.3 is 0 Å². The number of hydrogen-bond acceptors (Lipinski definition) is 3. The molecule has 0 aromatic carbocycles. The molecular weight excluding hydrogens is 196 g/mol. The van der Waals surface area contributed by atoms with E-state index < -0.39 is 0 Å². The highest BCUT2D eigenvalue weighted by Crippen LogP contribution is 2.15. The van der Waals surface area contributed by atoms with Gasteiger partial charge in [0.15, 0.2) is 0 Å². The van der Waals surface area contributed by atoms with Crippen LogP contribution in [-0.4, -0.2) is 10.9 Å². The average molecular weight is 204 g/mol. The summed E-state index contributed by atoms with van der Waals surface area (Å²) in [5.41, 5.74) is 0.570. The summed E-state index contributed by atoms with van der Waals surface area (Å²) in [4.78, 5) is 15.4. The first kappa shape index (κ1) is 8.90. The van der Waals surface area contributed by atoms with Crippen molar-refractivity contribution in [2.24, 2.45) is 0 Å². The van der Waals surface area contributed by atoms with Crippen molar-refractivity contribution < 1.29 is 4.79 Å². The Balaban J connectivity index is 2.11. The third kappa shape index (κ3) is 1.97. The van der Waals surface area contributed by atoms with Gasteiger partial charge in [-0.2, -0.15) is 0 Å². The Morgan fingerprint density at radius 2 is 2.29 bits per heavy atom. The summed E-state index contributed by atoms with van der Waals surface area (Å²) >= 11 is 1.49. The number of nitrogens with zero attached hydrogens (tertiary/aromatic N) is 1. The SMILES string of the molecule is O=C(Nc1cccs1)c1cccnc1. The van der Waals surface area contributed by atoms with Gasteiger partial charge in [-0.05, 0) is 29.6 Å². The number of nitrogens with one attached hydrogen (secondary N) is 1. The van der Waals surface area contributed by atoms with Gasteiger partial charge in [0.05, 0.1) is 10.6 Å². The smallest absolute Gasteiger partial charge is 0.257 e. The van der Waals surface area contributed by atoms with Crippen molar-refractivity contribution in [2.75, 3.05) is 5.32 Å². The molecule has 2 rings (SSSR count). The highest BCUT2D eigenvalue weighted by atomic mass is 32.1. The van der Waals surface area contributed by atoms with Gasteiger partial charge < -0.3 is 5.32 Å². The molecule has 1 amide bonds. The molecule has 0 bridgehead atoms. The number of pyridine rings is 1. The summed E-state index contributed by atoms with van der Waals surface area (Å²) in [6.45, 7) is 0. The summed E-state index contributed by atoms with van der Waals surface area (Å²) in [6.07, 6.45) is 3.19. The zero-order chi connectivity index (χ0) is 9.80. The molecule has 2 aromatic heterocycles. The third-order valence-electron chi connectivity index (χ3n) is 1.68. The van der Waals surface area contributed by atoms with Crippen molar-refractivity contribution in [2.45, 2.75) is 0 Å². The van der Waals surface area contributed by atoms with Crippen molar-refractivity contribution in [3.8, 4) is 0 Å². The topological polar surface area (TPSA) is 42.0 Å². The van der Waals surface area contributed by atoms with Gasteiger partial charge in [-0.3, -0.25) is 9.78 Å². The molecule has 14 heavy (non-hydrogen) atoms. The lowest BCUT2D eigenvalue weighted by Gasteiger charge is -2.00. The maximum Gasteiger partial charge on any atom is 0.257 e. The van der Waals surface area contributed by atoms with Crippen LogP contribution < -0.4 is 5.32 Å². The third-order valence-corrected chi connectivity index (χ3v) is 2.47. The second-order valence-corrected chi connectivity index (χ2v) is 3.62. The van der Waals surface area contributed by atoms with E-state index in [-0.39, 0.29) is 5.91 Å². The van der Waals surface area contributed by atoms with Gasteiger partial charge in [-0.1, -0.05) is 0 Å². The molecule has 2 heterocycles. The molecular formula is C10H8N2OS. The highest BCUT2D eigenvalue weighted by Gasteiger charge is 2.05. The van der Waals surface area contributed by atoms with Crippen molar-refractivity contribution in [1.29, 1.82) is 0 Å². The Kier molecular flexibility index (Phi) is 2.55. The molecule has 1 N–H and O–H groups in total. The molecule has 0 saturated heterocycles. The van der Waals surface area contributed by atoms with Gasteiger partial charge in [0.2, 0.25) is 0 Å². The van der Waals surface area contributed by atoms with Gasteiger partial charge in [-0.25, -0.2) is 0 Å². The first-order valence-corrected chi connectivity index (χ1v) is 4.99. The molecule has 4 heteroatoms. The number of aromatic nitrogens is 1. The lowest BCUT2D eigenvalue weighted by molar-refractivity contribution is 0.102. The molecule has 0 aliphatic carbocycles. The highest BCUT2D eigenvalue weighted by molar-refractivity contribution is 7.14. The molecule has 0 saturated carbocycles. The lowest BCUT2D eigenvalue weighted by atomic mass is 10.3. The molecule has 0 unspecified atom stereocenters. The van der Waals surface area contributed by atoms with E-state index in [9.17, 15) is 4.79 Å². The predicted octanol–water partition coefficient (Wildman–Crippen LogP) is 2.40. The molecule has 0 atom stereocenters. The Hall–Kier alpha value is -1.68. The number of hydrogen-bond donors (Lipinski definition) is 1. The van der Waals surface area contributed by atoms with E-state index in [0.29, 0.717) is 5.56 Å². The number of rotatable bonds is 2. The van der Waals surface area contributed by atoms with E-state index in [1.165, 1.54) is 11.3 Å². The summed E-state index contributed by atoms with van der Waals surface area (Å²) in [6, 6.07) is 7.22. The van der Waals surface area contributed by atoms with Crippen molar-refractivity contribution in [3.63, 3.8) is 0 Å². The minimum Gasteiger partial charge on any atom is -0.314 e. The number of thiophene rings is 1. The molecule has 2 aromatic rings. The van der Waals surface area contributed by atoms with Crippen LogP contribution in [0.25, 0.3) is 0 Å². The standard InChI is InChI=1S/C10H8N2OS/c13-10(8-3-1-5-11-7-8)12-9-4-2-6-14-9/h1-7H,(H,12,13). The monoisotopic (exact) mass is 204 g/mol. The fourth-order valence-electron chi connectivity index (χ4n) is 1.03. The van der Waals surface area contributed by atoms with Crippen LogP contribution in [-0.2, 0) is 0 Å². The fraction of sp³-hybridized carbons (Fsp3) is 0. The largest absolute Gasteiger partial charge is 0.314 e. The number of amides is 1. The summed E-state index contributed by atoms with van der Waals surface area (Å²) < 4.78 is 0. The molecule has 0 aliphatic rings. The van der Waals surface area contributed by atoms with Crippen LogP contribution in [0.2, 0.25) is 0 Å². The first-order valence-electron chi connectivity index (χ1n) is 4.11.